The van der Waals surface area contributed by atoms with Gasteiger partial charge in [-0.3, -0.25) is 0 Å². The van der Waals surface area contributed by atoms with Gasteiger partial charge in [-0.25, -0.2) is 0 Å². The van der Waals surface area contributed by atoms with Crippen LogP contribution in [0.25, 0.3) is 0 Å². The van der Waals surface area contributed by atoms with E-state index in [9.17, 15) is 4.79 Å². The Morgan fingerprint density at radius 2 is 2.00 bits per heavy atom. The Morgan fingerprint density at radius 1 is 1.83 bits per heavy atom. The molecule has 0 aliphatic heterocycles. The van der Waals surface area contributed by atoms with Crippen LogP contribution in [0.4, 0.5) is 0 Å². The van der Waals surface area contributed by atoms with E-state index in [-0.39, 0.29) is 25.3 Å². The van der Waals surface area contributed by atoms with Gasteiger partial charge in [-0.05, 0) is 0 Å². The van der Waals surface area contributed by atoms with Crippen molar-refractivity contribution in [2.45, 2.75) is 0 Å². The predicted octanol–water partition coefficient (Wildman–Crippen LogP) is 0.243. The summed E-state index contributed by atoms with van der Waals surface area (Å²) in [5.74, 6) is 0. The SMILES string of the molecule is C=C[C](=O)[Re].[W]. The molecule has 1 nitrogen and oxygen atoms in total. The molecule has 0 spiro atoms. The quantitative estimate of drug-likeness (QED) is 0.551. The van der Waals surface area contributed by atoms with Crippen molar-refractivity contribution >= 4 is 4.26 Å². The maximum absolute atomic E-state index is 9.72. The van der Waals surface area contributed by atoms with E-state index in [1.807, 2.05) is 0 Å². The fraction of sp³-hybridized carbons (Fsp3) is 0. The molecule has 0 aliphatic rings. The van der Waals surface area contributed by atoms with Crippen LogP contribution in [0.15, 0.2) is 12.7 Å². The van der Waals surface area contributed by atoms with E-state index in [2.05, 4.69) is 6.58 Å². The Bertz CT molecular complexity index is 61.8. The first-order valence-corrected chi connectivity index (χ1v) is 2.45. The molecule has 6 heavy (non-hydrogen) atoms. The molecule has 0 saturated heterocycles. The second-order valence-corrected chi connectivity index (χ2v) is 1.85. The predicted molar refractivity (Wildman–Crippen MR) is 15.2 cm³/mol. The van der Waals surface area contributed by atoms with Gasteiger partial charge in [-0.1, -0.05) is 0 Å². The fourth-order valence-electron chi connectivity index (χ4n) is 0. The molecule has 0 bridgehead atoms. The molecule has 0 aromatic heterocycles. The third kappa shape index (κ3) is 8.83. The van der Waals surface area contributed by atoms with E-state index >= 15 is 0 Å². The molecule has 34 valence electrons. The average molecular weight is 425 g/mol. The molecule has 0 rings (SSSR count). The standard InChI is InChI=1S/C3H3O.Re.W/c1-2-3-4;;/h2H,1H2;;. The molecule has 0 atom stereocenters. The van der Waals surface area contributed by atoms with Crippen LogP contribution in [0.3, 0.4) is 0 Å². The molecule has 0 saturated carbocycles. The molecular formula is C3H3OReW. The van der Waals surface area contributed by atoms with Gasteiger partial charge in [0.2, 0.25) is 0 Å². The molecule has 0 radical (unpaired) electrons. The van der Waals surface area contributed by atoms with Crippen molar-refractivity contribution in [1.82, 2.24) is 0 Å². The van der Waals surface area contributed by atoms with Gasteiger partial charge < -0.3 is 0 Å². The minimum Gasteiger partial charge on any atom is 0 e. The summed E-state index contributed by atoms with van der Waals surface area (Å²) in [6.07, 6.45) is 1.30. The van der Waals surface area contributed by atoms with Crippen molar-refractivity contribution in [3.8, 4) is 0 Å². The Morgan fingerprint density at radius 3 is 2.00 bits per heavy atom. The van der Waals surface area contributed by atoms with E-state index in [0.717, 1.165) is 19.2 Å². The van der Waals surface area contributed by atoms with Crippen molar-refractivity contribution in [2.24, 2.45) is 0 Å². The van der Waals surface area contributed by atoms with Crippen LogP contribution in [-0.2, 0) is 45.1 Å². The monoisotopic (exact) mass is 426 g/mol. The normalized spacial score (nSPS) is 5.50. The van der Waals surface area contributed by atoms with Gasteiger partial charge in [0.05, 0.1) is 0 Å². The Kier molecular flexibility index (Phi) is 9.50. The summed E-state index contributed by atoms with van der Waals surface area (Å²) in [6, 6.07) is 0. The minimum absolute atomic E-state index is 0. The van der Waals surface area contributed by atoms with Crippen LogP contribution < -0.4 is 0 Å². The van der Waals surface area contributed by atoms with Crippen LogP contribution in [-0.4, -0.2) is 4.26 Å². The van der Waals surface area contributed by atoms with Crippen LogP contribution >= 0.6 is 0 Å². The van der Waals surface area contributed by atoms with E-state index in [1.54, 1.807) is 0 Å². The molecule has 0 unspecified atom stereocenters. The van der Waals surface area contributed by atoms with E-state index in [0.29, 0.717) is 0 Å². The van der Waals surface area contributed by atoms with Crippen molar-refractivity contribution in [3.05, 3.63) is 12.7 Å². The summed E-state index contributed by atoms with van der Waals surface area (Å²) in [7, 11) is 0. The molecular weight excluding hydrogens is 422 g/mol. The zero-order valence-electron chi connectivity index (χ0n) is 2.98. The molecule has 0 N–H and O–H groups in total. The van der Waals surface area contributed by atoms with Gasteiger partial charge in [0.1, 0.15) is 0 Å². The summed E-state index contributed by atoms with van der Waals surface area (Å²) in [6.45, 7) is 3.22. The molecule has 3 heteroatoms. The maximum Gasteiger partial charge on any atom is 0 e. The number of hydrogen-bond acceptors (Lipinski definition) is 1. The maximum atomic E-state index is 9.72. The zero-order valence-corrected chi connectivity index (χ0v) is 8.63. The van der Waals surface area contributed by atoms with Gasteiger partial charge in [0.25, 0.3) is 0 Å². The van der Waals surface area contributed by atoms with Gasteiger partial charge in [0, 0.05) is 21.1 Å². The topological polar surface area (TPSA) is 17.1 Å². The molecule has 0 fully saturated rings. The van der Waals surface area contributed by atoms with Crippen LogP contribution in [0.5, 0.6) is 0 Å². The summed E-state index contributed by atoms with van der Waals surface area (Å²) in [5, 5.41) is 0. The van der Waals surface area contributed by atoms with Gasteiger partial charge in [0.15, 0.2) is 0 Å². The first-order valence-electron chi connectivity index (χ1n) is 1.09. The summed E-state index contributed by atoms with van der Waals surface area (Å²) < 4.78 is 0.0741. The number of carbonyl (C=O) groups excluding carboxylic acids is 1. The van der Waals surface area contributed by atoms with Gasteiger partial charge >= 0.3 is 40.9 Å². The van der Waals surface area contributed by atoms with Crippen molar-refractivity contribution in [2.75, 3.05) is 0 Å². The smallest absolute Gasteiger partial charge is 0 e. The summed E-state index contributed by atoms with van der Waals surface area (Å²) in [5.41, 5.74) is 0. The Labute approximate surface area is 61.9 Å². The Hall–Kier alpha value is 0.761. The fourth-order valence-corrected chi connectivity index (χ4v) is 0. The third-order valence-electron chi connectivity index (χ3n) is 0.160. The number of hydrogen-bond donors (Lipinski definition) is 0. The third-order valence-corrected chi connectivity index (χ3v) is 0.715. The zero-order chi connectivity index (χ0) is 4.28. The molecule has 0 aromatic carbocycles. The van der Waals surface area contributed by atoms with Crippen LogP contribution in [0.1, 0.15) is 0 Å². The Balaban J connectivity index is 0. The van der Waals surface area contributed by atoms with E-state index in [1.165, 1.54) is 6.08 Å². The first-order chi connectivity index (χ1) is 2.27. The van der Waals surface area contributed by atoms with Crippen LogP contribution in [0.2, 0.25) is 0 Å². The first kappa shape index (κ1) is 9.90. The number of rotatable bonds is 1. The van der Waals surface area contributed by atoms with E-state index in [4.69, 9.17) is 0 Å². The molecule has 0 heterocycles. The van der Waals surface area contributed by atoms with Gasteiger partial charge in [-0.15, -0.1) is 0 Å². The average Bonchev–Trinajstić information content (AvgIpc) is 1.38. The number of carbonyl (C=O) groups is 1. The largest absolute Gasteiger partial charge is 0 e. The minimum atomic E-state index is 0. The van der Waals surface area contributed by atoms with Crippen molar-refractivity contribution in [3.63, 3.8) is 0 Å². The summed E-state index contributed by atoms with van der Waals surface area (Å²) >= 11 is 1.12. The van der Waals surface area contributed by atoms with Gasteiger partial charge in [-0.2, -0.15) is 0 Å². The second kappa shape index (κ2) is 5.76. The van der Waals surface area contributed by atoms with Crippen LogP contribution in [0, 0.1) is 0 Å². The van der Waals surface area contributed by atoms with Crippen molar-refractivity contribution in [1.29, 1.82) is 0 Å². The molecule has 0 aliphatic carbocycles. The van der Waals surface area contributed by atoms with E-state index < -0.39 is 0 Å². The second-order valence-electron chi connectivity index (χ2n) is 0.508. The molecule has 0 aromatic rings. The summed E-state index contributed by atoms with van der Waals surface area (Å²) in [4.78, 5) is 9.72. The molecule has 0 amide bonds. The van der Waals surface area contributed by atoms with Crippen molar-refractivity contribution < 1.29 is 45.1 Å². The number of allylic oxidation sites excluding steroid dienone is 1.